The van der Waals surface area contributed by atoms with E-state index in [1.807, 2.05) is 35.2 Å². The third kappa shape index (κ3) is 3.10. The van der Waals surface area contributed by atoms with Crippen molar-refractivity contribution in [1.29, 1.82) is 0 Å². The molecular weight excluding hydrogens is 322 g/mol. The predicted octanol–water partition coefficient (Wildman–Crippen LogP) is 3.24. The maximum atomic E-state index is 13.1. The number of benzene rings is 1. The standard InChI is InChI=1S/C18H19N3O2S/c1-3-10-20(14-8-6-5-7-9-14)15-16(23-12-4-2)19-18-21(17(15)22)11-13-24-18/h3-9H,1-2,10-13H2. The van der Waals surface area contributed by atoms with Crippen molar-refractivity contribution in [3.63, 3.8) is 0 Å². The monoisotopic (exact) mass is 341 g/mol. The van der Waals surface area contributed by atoms with Crippen molar-refractivity contribution in [2.75, 3.05) is 23.8 Å². The molecule has 6 heteroatoms. The molecule has 0 aliphatic carbocycles. The minimum absolute atomic E-state index is 0.0882. The van der Waals surface area contributed by atoms with Crippen molar-refractivity contribution in [3.8, 4) is 5.88 Å². The summed E-state index contributed by atoms with van der Waals surface area (Å²) in [5, 5.41) is 0.703. The summed E-state index contributed by atoms with van der Waals surface area (Å²) >= 11 is 1.57. The molecule has 0 amide bonds. The van der Waals surface area contributed by atoms with Crippen LogP contribution < -0.4 is 15.2 Å². The summed E-state index contributed by atoms with van der Waals surface area (Å²) in [5.74, 6) is 1.19. The van der Waals surface area contributed by atoms with E-state index in [0.717, 1.165) is 11.4 Å². The van der Waals surface area contributed by atoms with Gasteiger partial charge in [-0.2, -0.15) is 4.98 Å². The highest BCUT2D eigenvalue weighted by atomic mass is 32.2. The van der Waals surface area contributed by atoms with Gasteiger partial charge in [-0.15, -0.1) is 6.58 Å². The molecule has 1 aliphatic rings. The maximum Gasteiger partial charge on any atom is 0.282 e. The Morgan fingerprint density at radius 3 is 2.79 bits per heavy atom. The first-order valence-electron chi connectivity index (χ1n) is 7.71. The van der Waals surface area contributed by atoms with Crippen molar-refractivity contribution in [3.05, 3.63) is 66.0 Å². The summed E-state index contributed by atoms with van der Waals surface area (Å²) in [7, 11) is 0. The van der Waals surface area contributed by atoms with E-state index in [1.54, 1.807) is 28.5 Å². The predicted molar refractivity (Wildman–Crippen MR) is 98.6 cm³/mol. The molecule has 0 saturated carbocycles. The fraction of sp³-hybridized carbons (Fsp3) is 0.222. The molecule has 24 heavy (non-hydrogen) atoms. The second-order valence-corrected chi connectivity index (χ2v) is 6.25. The Labute approximate surface area is 145 Å². The lowest BCUT2D eigenvalue weighted by atomic mass is 10.2. The number of hydrogen-bond donors (Lipinski definition) is 0. The first-order chi connectivity index (χ1) is 11.8. The molecule has 2 heterocycles. The molecule has 5 nitrogen and oxygen atoms in total. The molecule has 124 valence electrons. The molecule has 0 bridgehead atoms. The van der Waals surface area contributed by atoms with Gasteiger partial charge >= 0.3 is 0 Å². The number of rotatable bonds is 7. The summed E-state index contributed by atoms with van der Waals surface area (Å²) in [6.45, 7) is 8.93. The molecule has 1 aliphatic heterocycles. The minimum atomic E-state index is -0.0882. The van der Waals surface area contributed by atoms with E-state index in [0.29, 0.717) is 36.4 Å². The summed E-state index contributed by atoms with van der Waals surface area (Å²) < 4.78 is 7.42. The fourth-order valence-electron chi connectivity index (χ4n) is 2.57. The van der Waals surface area contributed by atoms with Crippen LogP contribution in [0.3, 0.4) is 0 Å². The molecule has 0 atom stereocenters. The van der Waals surface area contributed by atoms with Crippen molar-refractivity contribution >= 4 is 23.1 Å². The van der Waals surface area contributed by atoms with E-state index >= 15 is 0 Å². The smallest absolute Gasteiger partial charge is 0.282 e. The van der Waals surface area contributed by atoms with E-state index < -0.39 is 0 Å². The lowest BCUT2D eigenvalue weighted by Crippen LogP contribution is -2.31. The van der Waals surface area contributed by atoms with Crippen LogP contribution in [-0.4, -0.2) is 28.5 Å². The molecule has 0 radical (unpaired) electrons. The zero-order valence-electron chi connectivity index (χ0n) is 13.4. The lowest BCUT2D eigenvalue weighted by Gasteiger charge is -2.25. The topological polar surface area (TPSA) is 47.4 Å². The number of hydrogen-bond acceptors (Lipinski definition) is 5. The van der Waals surface area contributed by atoms with Gasteiger partial charge in [-0.25, -0.2) is 0 Å². The van der Waals surface area contributed by atoms with E-state index in [9.17, 15) is 4.79 Å². The van der Waals surface area contributed by atoms with Gasteiger partial charge in [0.1, 0.15) is 6.61 Å². The SMILES string of the molecule is C=CCOc1nc2n(c(=O)c1N(CC=C)c1ccccc1)CCS2. The zero-order chi connectivity index (χ0) is 16.9. The number of para-hydroxylation sites is 1. The Bertz CT molecular complexity index is 802. The number of fused-ring (bicyclic) bond motifs is 1. The van der Waals surface area contributed by atoms with Crippen LogP contribution in [0.2, 0.25) is 0 Å². The van der Waals surface area contributed by atoms with Gasteiger partial charge < -0.3 is 9.64 Å². The third-order valence-corrected chi connectivity index (χ3v) is 4.57. The van der Waals surface area contributed by atoms with Crippen LogP contribution in [0.1, 0.15) is 0 Å². The molecule has 0 fully saturated rings. The summed E-state index contributed by atoms with van der Waals surface area (Å²) in [5.41, 5.74) is 1.25. The average molecular weight is 341 g/mol. The van der Waals surface area contributed by atoms with Crippen LogP contribution in [0.15, 0.2) is 65.6 Å². The Morgan fingerprint density at radius 2 is 2.08 bits per heavy atom. The molecule has 3 rings (SSSR count). The molecule has 1 aromatic carbocycles. The molecule has 0 unspecified atom stereocenters. The van der Waals surface area contributed by atoms with Gasteiger partial charge in [0.15, 0.2) is 10.8 Å². The quantitative estimate of drug-likeness (QED) is 0.571. The van der Waals surface area contributed by atoms with Crippen LogP contribution >= 0.6 is 11.8 Å². The first kappa shape index (κ1) is 16.4. The summed E-state index contributed by atoms with van der Waals surface area (Å²) in [6.07, 6.45) is 3.40. The number of ether oxygens (including phenoxy) is 1. The van der Waals surface area contributed by atoms with Gasteiger partial charge in [0, 0.05) is 24.5 Å². The maximum absolute atomic E-state index is 13.1. The highest BCUT2D eigenvalue weighted by Gasteiger charge is 2.25. The Balaban J connectivity index is 2.17. The van der Waals surface area contributed by atoms with Crippen LogP contribution in [0, 0.1) is 0 Å². The highest BCUT2D eigenvalue weighted by Crippen LogP contribution is 2.33. The van der Waals surface area contributed by atoms with Crippen molar-refractivity contribution in [1.82, 2.24) is 9.55 Å². The average Bonchev–Trinajstić information content (AvgIpc) is 3.08. The van der Waals surface area contributed by atoms with E-state index in [-0.39, 0.29) is 5.56 Å². The molecule has 1 aromatic heterocycles. The minimum Gasteiger partial charge on any atom is -0.472 e. The van der Waals surface area contributed by atoms with Crippen LogP contribution in [0.25, 0.3) is 0 Å². The van der Waals surface area contributed by atoms with Gasteiger partial charge in [0.25, 0.3) is 5.56 Å². The molecule has 0 spiro atoms. The molecule has 2 aromatic rings. The van der Waals surface area contributed by atoms with E-state index in [4.69, 9.17) is 4.74 Å². The molecule has 0 N–H and O–H groups in total. The normalized spacial score (nSPS) is 12.5. The van der Waals surface area contributed by atoms with Gasteiger partial charge in [0.05, 0.1) is 0 Å². The van der Waals surface area contributed by atoms with Crippen molar-refractivity contribution in [2.24, 2.45) is 0 Å². The second kappa shape index (κ2) is 7.40. The number of anilines is 2. The Hall–Kier alpha value is -2.47. The summed E-state index contributed by atoms with van der Waals surface area (Å²) in [6, 6.07) is 9.71. The molecular formula is C18H19N3O2S. The van der Waals surface area contributed by atoms with Crippen LogP contribution in [-0.2, 0) is 6.54 Å². The van der Waals surface area contributed by atoms with Crippen LogP contribution in [0.4, 0.5) is 11.4 Å². The van der Waals surface area contributed by atoms with E-state index in [2.05, 4.69) is 18.1 Å². The van der Waals surface area contributed by atoms with Gasteiger partial charge in [-0.05, 0) is 12.1 Å². The van der Waals surface area contributed by atoms with Gasteiger partial charge in [-0.1, -0.05) is 48.7 Å². The van der Waals surface area contributed by atoms with Crippen molar-refractivity contribution in [2.45, 2.75) is 11.7 Å². The fourth-order valence-corrected chi connectivity index (χ4v) is 3.51. The van der Waals surface area contributed by atoms with Crippen LogP contribution in [0.5, 0.6) is 5.88 Å². The largest absolute Gasteiger partial charge is 0.472 e. The molecule has 0 saturated heterocycles. The third-order valence-electron chi connectivity index (χ3n) is 3.61. The Morgan fingerprint density at radius 1 is 1.29 bits per heavy atom. The first-order valence-corrected chi connectivity index (χ1v) is 8.69. The van der Waals surface area contributed by atoms with Crippen molar-refractivity contribution < 1.29 is 4.74 Å². The number of aromatic nitrogens is 2. The highest BCUT2D eigenvalue weighted by molar-refractivity contribution is 7.99. The zero-order valence-corrected chi connectivity index (χ0v) is 14.2. The van der Waals surface area contributed by atoms with Gasteiger partial charge in [-0.3, -0.25) is 9.36 Å². The number of nitrogens with zero attached hydrogens (tertiary/aromatic N) is 3. The number of thioether (sulfide) groups is 1. The summed E-state index contributed by atoms with van der Waals surface area (Å²) in [4.78, 5) is 19.5. The Kier molecular flexibility index (Phi) is 5.05. The van der Waals surface area contributed by atoms with Gasteiger partial charge in [0.2, 0.25) is 5.88 Å². The van der Waals surface area contributed by atoms with E-state index in [1.165, 1.54) is 0 Å². The lowest BCUT2D eigenvalue weighted by molar-refractivity contribution is 0.342. The second-order valence-electron chi connectivity index (χ2n) is 5.19.